The monoisotopic (exact) mass is 282 g/mol. The number of benzene rings is 1. The van der Waals surface area contributed by atoms with Gasteiger partial charge >= 0.3 is 0 Å². The van der Waals surface area contributed by atoms with Crippen molar-refractivity contribution >= 4 is 11.4 Å². The molecule has 1 aromatic rings. The number of hydrogen-bond donors (Lipinski definition) is 1. The van der Waals surface area contributed by atoms with E-state index in [0.29, 0.717) is 43.7 Å². The Bertz CT molecular complexity index is 435. The highest BCUT2D eigenvalue weighted by Gasteiger charge is 2.10. The average molecular weight is 282 g/mol. The van der Waals surface area contributed by atoms with Gasteiger partial charge in [0.2, 0.25) is 0 Å². The van der Waals surface area contributed by atoms with Crippen molar-refractivity contribution in [3.63, 3.8) is 0 Å². The molecular formula is C14H22N2O4. The van der Waals surface area contributed by atoms with Crippen LogP contribution in [-0.4, -0.2) is 31.3 Å². The van der Waals surface area contributed by atoms with Crippen LogP contribution in [0.2, 0.25) is 0 Å². The molecule has 0 spiro atoms. The number of nitrogens with one attached hydrogen (secondary N) is 1. The average Bonchev–Trinajstić information content (AvgIpc) is 2.38. The van der Waals surface area contributed by atoms with Crippen LogP contribution in [0, 0.1) is 16.0 Å². The number of nitro groups is 1. The van der Waals surface area contributed by atoms with Crippen LogP contribution in [0.5, 0.6) is 5.75 Å². The molecule has 0 bridgehead atoms. The third kappa shape index (κ3) is 5.88. The van der Waals surface area contributed by atoms with Crippen molar-refractivity contribution in [1.29, 1.82) is 0 Å². The van der Waals surface area contributed by atoms with E-state index in [1.807, 2.05) is 6.92 Å². The highest BCUT2D eigenvalue weighted by Crippen LogP contribution is 2.25. The van der Waals surface area contributed by atoms with Gasteiger partial charge in [-0.1, -0.05) is 13.8 Å². The minimum Gasteiger partial charge on any atom is -0.491 e. The summed E-state index contributed by atoms with van der Waals surface area (Å²) in [7, 11) is 0. The summed E-state index contributed by atoms with van der Waals surface area (Å²) >= 11 is 0. The first-order valence-corrected chi connectivity index (χ1v) is 6.76. The van der Waals surface area contributed by atoms with Crippen molar-refractivity contribution in [1.82, 2.24) is 0 Å². The van der Waals surface area contributed by atoms with Gasteiger partial charge in [0, 0.05) is 31.0 Å². The topological polar surface area (TPSA) is 73.6 Å². The third-order valence-corrected chi connectivity index (χ3v) is 2.43. The van der Waals surface area contributed by atoms with Crippen molar-refractivity contribution in [3.8, 4) is 5.75 Å². The molecule has 0 saturated carbocycles. The fraction of sp³-hybridized carbons (Fsp3) is 0.571. The zero-order chi connectivity index (χ0) is 15.0. The molecule has 1 rings (SSSR count). The Balaban J connectivity index is 2.57. The highest BCUT2D eigenvalue weighted by atomic mass is 16.6. The van der Waals surface area contributed by atoms with Crippen molar-refractivity contribution in [2.24, 2.45) is 5.92 Å². The van der Waals surface area contributed by atoms with Gasteiger partial charge in [0.1, 0.15) is 12.4 Å². The molecule has 0 saturated heterocycles. The molecule has 0 amide bonds. The maximum absolute atomic E-state index is 10.9. The van der Waals surface area contributed by atoms with Gasteiger partial charge in [0.25, 0.3) is 5.69 Å². The summed E-state index contributed by atoms with van der Waals surface area (Å²) in [6.07, 6.45) is 0. The van der Waals surface area contributed by atoms with E-state index in [2.05, 4.69) is 19.2 Å². The Morgan fingerprint density at radius 1 is 1.30 bits per heavy atom. The molecule has 6 heteroatoms. The van der Waals surface area contributed by atoms with E-state index in [9.17, 15) is 10.1 Å². The molecule has 0 heterocycles. The SMILES string of the molecule is CCNc1cc(OCCOCC(C)C)cc([N+](=O)[O-])c1. The predicted octanol–water partition coefficient (Wildman–Crippen LogP) is 3.08. The van der Waals surface area contributed by atoms with Gasteiger partial charge < -0.3 is 14.8 Å². The maximum Gasteiger partial charge on any atom is 0.275 e. The van der Waals surface area contributed by atoms with Gasteiger partial charge in [0.05, 0.1) is 17.6 Å². The van der Waals surface area contributed by atoms with Crippen LogP contribution in [0.15, 0.2) is 18.2 Å². The summed E-state index contributed by atoms with van der Waals surface area (Å²) in [5.41, 5.74) is 0.696. The molecule has 6 nitrogen and oxygen atoms in total. The molecule has 0 aliphatic heterocycles. The van der Waals surface area contributed by atoms with E-state index in [0.717, 1.165) is 0 Å². The van der Waals surface area contributed by atoms with Crippen LogP contribution >= 0.6 is 0 Å². The van der Waals surface area contributed by atoms with Crippen LogP contribution in [0.25, 0.3) is 0 Å². The summed E-state index contributed by atoms with van der Waals surface area (Å²) in [5, 5.41) is 13.9. The molecule has 0 fully saturated rings. The fourth-order valence-corrected chi connectivity index (χ4v) is 1.62. The number of nitrogens with zero attached hydrogens (tertiary/aromatic N) is 1. The number of nitro benzene ring substituents is 1. The van der Waals surface area contributed by atoms with Crippen LogP contribution < -0.4 is 10.1 Å². The van der Waals surface area contributed by atoms with Crippen LogP contribution in [0.1, 0.15) is 20.8 Å². The molecular weight excluding hydrogens is 260 g/mol. The number of anilines is 1. The second-order valence-corrected chi connectivity index (χ2v) is 4.82. The number of ether oxygens (including phenoxy) is 2. The van der Waals surface area contributed by atoms with Crippen molar-refractivity contribution in [3.05, 3.63) is 28.3 Å². The normalized spacial score (nSPS) is 10.6. The third-order valence-electron chi connectivity index (χ3n) is 2.43. The lowest BCUT2D eigenvalue weighted by Crippen LogP contribution is -2.10. The van der Waals surface area contributed by atoms with Crippen molar-refractivity contribution in [2.45, 2.75) is 20.8 Å². The lowest BCUT2D eigenvalue weighted by molar-refractivity contribution is -0.384. The molecule has 1 aromatic carbocycles. The standard InChI is InChI=1S/C14H22N2O4/c1-4-15-12-7-13(16(17)18)9-14(8-12)20-6-5-19-10-11(2)3/h7-9,11,15H,4-6,10H2,1-3H3. The quantitative estimate of drug-likeness (QED) is 0.428. The number of non-ortho nitro benzene ring substituents is 1. The minimum absolute atomic E-state index is 0.0153. The predicted molar refractivity (Wildman–Crippen MR) is 78.4 cm³/mol. The molecule has 112 valence electrons. The maximum atomic E-state index is 10.9. The van der Waals surface area contributed by atoms with Crippen molar-refractivity contribution in [2.75, 3.05) is 31.7 Å². The minimum atomic E-state index is -0.428. The van der Waals surface area contributed by atoms with Crippen LogP contribution in [-0.2, 0) is 4.74 Å². The zero-order valence-electron chi connectivity index (χ0n) is 12.2. The zero-order valence-corrected chi connectivity index (χ0v) is 12.2. The summed E-state index contributed by atoms with van der Waals surface area (Å²) in [6, 6.07) is 4.66. The Hall–Kier alpha value is -1.82. The number of rotatable bonds is 9. The molecule has 0 aromatic heterocycles. The largest absolute Gasteiger partial charge is 0.491 e. The first-order chi connectivity index (χ1) is 9.52. The van der Waals surface area contributed by atoms with Gasteiger partial charge in [-0.3, -0.25) is 10.1 Å². The first kappa shape index (κ1) is 16.2. The Kier molecular flexibility index (Phi) is 6.79. The van der Waals surface area contributed by atoms with Crippen LogP contribution in [0.3, 0.4) is 0 Å². The Labute approximate surface area is 119 Å². The molecule has 20 heavy (non-hydrogen) atoms. The van der Waals surface area contributed by atoms with Gasteiger partial charge in [-0.05, 0) is 12.8 Å². The summed E-state index contributed by atoms with van der Waals surface area (Å²) < 4.78 is 10.9. The van der Waals surface area contributed by atoms with E-state index in [1.54, 1.807) is 6.07 Å². The van der Waals surface area contributed by atoms with Gasteiger partial charge in [0.15, 0.2) is 0 Å². The molecule has 0 aliphatic rings. The second kappa shape index (κ2) is 8.37. The van der Waals surface area contributed by atoms with E-state index < -0.39 is 4.92 Å². The molecule has 0 atom stereocenters. The van der Waals surface area contributed by atoms with E-state index in [1.165, 1.54) is 12.1 Å². The molecule has 0 aliphatic carbocycles. The van der Waals surface area contributed by atoms with Gasteiger partial charge in [-0.25, -0.2) is 0 Å². The summed E-state index contributed by atoms with van der Waals surface area (Å²) in [5.74, 6) is 0.955. The van der Waals surface area contributed by atoms with E-state index in [4.69, 9.17) is 9.47 Å². The number of hydrogen-bond acceptors (Lipinski definition) is 5. The molecule has 1 N–H and O–H groups in total. The first-order valence-electron chi connectivity index (χ1n) is 6.76. The highest BCUT2D eigenvalue weighted by molar-refractivity contribution is 5.56. The molecule has 0 unspecified atom stereocenters. The Morgan fingerprint density at radius 2 is 2.05 bits per heavy atom. The molecule has 0 radical (unpaired) electrons. The van der Waals surface area contributed by atoms with Gasteiger partial charge in [-0.2, -0.15) is 0 Å². The summed E-state index contributed by atoms with van der Waals surface area (Å²) in [6.45, 7) is 8.29. The fourth-order valence-electron chi connectivity index (χ4n) is 1.62. The van der Waals surface area contributed by atoms with E-state index in [-0.39, 0.29) is 5.69 Å². The Morgan fingerprint density at radius 3 is 2.65 bits per heavy atom. The van der Waals surface area contributed by atoms with E-state index >= 15 is 0 Å². The summed E-state index contributed by atoms with van der Waals surface area (Å²) in [4.78, 5) is 10.4. The lowest BCUT2D eigenvalue weighted by Gasteiger charge is -2.10. The smallest absolute Gasteiger partial charge is 0.275 e. The van der Waals surface area contributed by atoms with Gasteiger partial charge in [-0.15, -0.1) is 0 Å². The lowest BCUT2D eigenvalue weighted by atomic mass is 10.2. The second-order valence-electron chi connectivity index (χ2n) is 4.82. The van der Waals surface area contributed by atoms with Crippen LogP contribution in [0.4, 0.5) is 11.4 Å². The van der Waals surface area contributed by atoms with Crippen molar-refractivity contribution < 1.29 is 14.4 Å².